The summed E-state index contributed by atoms with van der Waals surface area (Å²) in [7, 11) is 0. The number of rotatable bonds is 6. The van der Waals surface area contributed by atoms with Crippen LogP contribution in [0.2, 0.25) is 0 Å². The van der Waals surface area contributed by atoms with Crippen LogP contribution in [0, 0.1) is 0 Å². The summed E-state index contributed by atoms with van der Waals surface area (Å²) in [5, 5.41) is 6.43. The zero-order valence-electron chi connectivity index (χ0n) is 22.4. The monoisotopic (exact) mass is 475 g/mol. The molecule has 0 aliphatic carbocycles. The number of H-pyrrole nitrogens is 1. The molecule has 35 heavy (non-hydrogen) atoms. The smallest absolute Gasteiger partial charge is 0.275 e. The summed E-state index contributed by atoms with van der Waals surface area (Å²) in [6.07, 6.45) is 5.50. The number of piperazine rings is 1. The second-order valence-corrected chi connectivity index (χ2v) is 8.52. The van der Waals surface area contributed by atoms with Crippen LogP contribution in [0.1, 0.15) is 32.7 Å². The summed E-state index contributed by atoms with van der Waals surface area (Å²) in [6.45, 7) is 3.58. The molecular formula is C25H28N8O2. The van der Waals surface area contributed by atoms with Crippen molar-refractivity contribution in [3.63, 3.8) is 0 Å². The molecule has 1 amide bonds. The summed E-state index contributed by atoms with van der Waals surface area (Å²) in [5.41, 5.74) is 4.41. The van der Waals surface area contributed by atoms with E-state index in [0.29, 0.717) is 6.42 Å². The molecule has 5 heterocycles. The number of hydrogen-bond acceptors (Lipinski definition) is 7. The van der Waals surface area contributed by atoms with E-state index in [1.54, 1.807) is 12.3 Å². The maximum Gasteiger partial charge on any atom is 0.275 e. The quantitative estimate of drug-likeness (QED) is 0.440. The molecule has 0 saturated carbocycles. The van der Waals surface area contributed by atoms with Gasteiger partial charge in [-0.05, 0) is 36.2 Å². The number of carbonyl (C=O) groups excluding carboxylic acids is 1. The first-order chi connectivity index (χ1) is 18.2. The number of hydrogen-bond donors (Lipinski definition) is 2. The van der Waals surface area contributed by atoms with Gasteiger partial charge in [0.15, 0.2) is 5.82 Å². The van der Waals surface area contributed by atoms with E-state index in [2.05, 4.69) is 35.2 Å². The molecule has 1 aliphatic heterocycles. The third-order valence-corrected chi connectivity index (χ3v) is 6.16. The Morgan fingerprint density at radius 2 is 2.00 bits per heavy atom. The molecule has 4 aromatic heterocycles. The van der Waals surface area contributed by atoms with Crippen LogP contribution in [0.3, 0.4) is 0 Å². The molecule has 5 rings (SSSR count). The van der Waals surface area contributed by atoms with E-state index in [1.165, 1.54) is 12.3 Å². The van der Waals surface area contributed by atoms with Crippen LogP contribution >= 0.6 is 0 Å². The largest absolute Gasteiger partial charge is 0.368 e. The van der Waals surface area contributed by atoms with Gasteiger partial charge in [0.2, 0.25) is 0 Å². The molecule has 0 radical (unpaired) electrons. The normalized spacial score (nSPS) is 16.0. The number of anilines is 2. The van der Waals surface area contributed by atoms with Crippen molar-refractivity contribution >= 4 is 28.4 Å². The van der Waals surface area contributed by atoms with Crippen LogP contribution in [0.15, 0.2) is 53.7 Å². The Hall–Kier alpha value is -4.05. The fourth-order valence-corrected chi connectivity index (χ4v) is 4.22. The summed E-state index contributed by atoms with van der Waals surface area (Å²) in [6, 6.07) is 8.77. The number of nitrogens with one attached hydrogen (secondary N) is 2. The van der Waals surface area contributed by atoms with Crippen LogP contribution in [-0.2, 0) is 19.9 Å². The molecule has 10 nitrogen and oxygen atoms in total. The lowest BCUT2D eigenvalue weighted by atomic mass is 10.1. The summed E-state index contributed by atoms with van der Waals surface area (Å²) >= 11 is 0. The van der Waals surface area contributed by atoms with Crippen molar-refractivity contribution in [3.05, 3.63) is 76.1 Å². The number of aromatic amines is 1. The molecule has 0 aromatic carbocycles. The molecule has 1 fully saturated rings. The minimum Gasteiger partial charge on any atom is -0.368 e. The molecule has 4 aromatic rings. The van der Waals surface area contributed by atoms with Crippen LogP contribution in [0.25, 0.3) is 11.0 Å². The highest BCUT2D eigenvalue weighted by Gasteiger charge is 2.19. The van der Waals surface area contributed by atoms with E-state index in [0.717, 1.165) is 65.3 Å². The molecule has 1 aliphatic rings. The van der Waals surface area contributed by atoms with Gasteiger partial charge in [-0.15, -0.1) is 0 Å². The number of fused-ring (bicyclic) bond motifs is 1. The van der Waals surface area contributed by atoms with Gasteiger partial charge < -0.3 is 15.2 Å². The van der Waals surface area contributed by atoms with E-state index >= 15 is 0 Å². The van der Waals surface area contributed by atoms with Gasteiger partial charge in [0.1, 0.15) is 5.69 Å². The Balaban J connectivity index is 1.16. The molecule has 0 spiro atoms. The van der Waals surface area contributed by atoms with Crippen LogP contribution < -0.4 is 15.8 Å². The third kappa shape index (κ3) is 5.07. The van der Waals surface area contributed by atoms with Crippen LogP contribution in [0.4, 0.5) is 11.5 Å². The van der Waals surface area contributed by atoms with Gasteiger partial charge in [0, 0.05) is 67.8 Å². The molecular weight excluding hydrogens is 444 g/mol. The lowest BCUT2D eigenvalue weighted by molar-refractivity contribution is 0.102. The van der Waals surface area contributed by atoms with E-state index in [4.69, 9.17) is 4.11 Å². The van der Waals surface area contributed by atoms with Crippen molar-refractivity contribution in [2.75, 3.05) is 36.4 Å². The van der Waals surface area contributed by atoms with Crippen molar-refractivity contribution in [1.82, 2.24) is 29.6 Å². The van der Waals surface area contributed by atoms with Crippen molar-refractivity contribution in [2.24, 2.45) is 6.98 Å². The standard InChI is InChI=1S/C25H28N8O2/c1-3-18-13-21-22(28-24(18)34)12-17(14-26-21)16-32-8-10-33(11-9-32)19-4-5-20(27-15-19)25(35)29-23-6-7-31(2)30-23/h4-7,12-15H,3,8-11,16H2,1-2H3,(H,28,34)(H,29,30,35)/i2D3. The highest BCUT2D eigenvalue weighted by Crippen LogP contribution is 2.18. The molecule has 1 saturated heterocycles. The molecule has 10 heteroatoms. The van der Waals surface area contributed by atoms with Gasteiger partial charge in [-0.2, -0.15) is 5.10 Å². The van der Waals surface area contributed by atoms with E-state index < -0.39 is 12.9 Å². The first-order valence-corrected chi connectivity index (χ1v) is 11.5. The number of nitrogens with zero attached hydrogens (tertiary/aromatic N) is 6. The van der Waals surface area contributed by atoms with Gasteiger partial charge in [-0.3, -0.25) is 24.2 Å². The Morgan fingerprint density at radius 3 is 2.71 bits per heavy atom. The van der Waals surface area contributed by atoms with Crippen molar-refractivity contribution in [1.29, 1.82) is 0 Å². The maximum atomic E-state index is 12.5. The van der Waals surface area contributed by atoms with Crippen molar-refractivity contribution in [3.8, 4) is 0 Å². The molecule has 0 bridgehead atoms. The molecule has 180 valence electrons. The predicted molar refractivity (Wildman–Crippen MR) is 135 cm³/mol. The second kappa shape index (κ2) is 9.67. The predicted octanol–water partition coefficient (Wildman–Crippen LogP) is 2.19. The Kier molecular flexibility index (Phi) is 5.33. The summed E-state index contributed by atoms with van der Waals surface area (Å²) in [5.74, 6) is -0.319. The van der Waals surface area contributed by atoms with Gasteiger partial charge in [0.05, 0.1) is 22.9 Å². The topological polar surface area (TPSA) is 112 Å². The minimum atomic E-state index is -2.40. The lowest BCUT2D eigenvalue weighted by Crippen LogP contribution is -2.46. The van der Waals surface area contributed by atoms with Gasteiger partial charge >= 0.3 is 0 Å². The first kappa shape index (κ1) is 19.3. The Morgan fingerprint density at radius 1 is 1.14 bits per heavy atom. The van der Waals surface area contributed by atoms with E-state index in [-0.39, 0.29) is 17.1 Å². The van der Waals surface area contributed by atoms with Gasteiger partial charge in [-0.25, -0.2) is 4.98 Å². The average Bonchev–Trinajstić information content (AvgIpc) is 3.38. The third-order valence-electron chi connectivity index (χ3n) is 6.16. The average molecular weight is 476 g/mol. The fraction of sp³-hybridized carbons (Fsp3) is 0.320. The highest BCUT2D eigenvalue weighted by atomic mass is 16.2. The second-order valence-electron chi connectivity index (χ2n) is 8.52. The maximum absolute atomic E-state index is 12.5. The van der Waals surface area contributed by atoms with Crippen LogP contribution in [-0.4, -0.2) is 61.7 Å². The van der Waals surface area contributed by atoms with E-state index in [1.807, 2.05) is 31.3 Å². The SMILES string of the molecule is [2H]C([2H])([2H])n1ccc(NC(=O)c2ccc(N3CCN(Cc4cnc5cc(CC)c(=O)[nH]c5c4)CC3)cn2)n1. The molecule has 0 atom stereocenters. The number of pyridine rings is 3. The van der Waals surface area contributed by atoms with Crippen molar-refractivity contribution < 1.29 is 8.91 Å². The summed E-state index contributed by atoms with van der Waals surface area (Å²) in [4.78, 5) is 41.0. The Bertz CT molecular complexity index is 1510. The minimum absolute atomic E-state index is 0.0612. The Labute approximate surface area is 206 Å². The number of carbonyl (C=O) groups is 1. The van der Waals surface area contributed by atoms with E-state index in [9.17, 15) is 9.59 Å². The first-order valence-electron chi connectivity index (χ1n) is 13.0. The van der Waals surface area contributed by atoms with Gasteiger partial charge in [-0.1, -0.05) is 6.92 Å². The number of aryl methyl sites for hydroxylation is 2. The molecule has 0 unspecified atom stereocenters. The number of aromatic nitrogens is 5. The summed E-state index contributed by atoms with van der Waals surface area (Å²) < 4.78 is 22.9. The lowest BCUT2D eigenvalue weighted by Gasteiger charge is -2.36. The zero-order chi connectivity index (χ0) is 26.9. The number of amides is 1. The highest BCUT2D eigenvalue weighted by molar-refractivity contribution is 6.02. The van der Waals surface area contributed by atoms with Crippen LogP contribution in [0.5, 0.6) is 0 Å². The molecule has 2 N–H and O–H groups in total. The van der Waals surface area contributed by atoms with Gasteiger partial charge in [0.25, 0.3) is 11.5 Å². The fourth-order valence-electron chi connectivity index (χ4n) is 4.22. The zero-order valence-corrected chi connectivity index (χ0v) is 19.4. The van der Waals surface area contributed by atoms with Crippen molar-refractivity contribution in [2.45, 2.75) is 19.9 Å².